The van der Waals surface area contributed by atoms with Crippen LogP contribution in [-0.2, 0) is 6.61 Å². The van der Waals surface area contributed by atoms with Crippen molar-refractivity contribution in [2.24, 2.45) is 5.10 Å². The topological polar surface area (TPSA) is 59.9 Å². The van der Waals surface area contributed by atoms with Gasteiger partial charge in [0.15, 0.2) is 11.5 Å². The van der Waals surface area contributed by atoms with Crippen molar-refractivity contribution in [2.75, 3.05) is 7.11 Å². The zero-order valence-electron chi connectivity index (χ0n) is 17.7. The molecule has 0 saturated carbocycles. The van der Waals surface area contributed by atoms with E-state index in [1.807, 2.05) is 36.4 Å². The van der Waals surface area contributed by atoms with Gasteiger partial charge in [0.2, 0.25) is 0 Å². The van der Waals surface area contributed by atoms with Crippen LogP contribution in [0.2, 0.25) is 0 Å². The molecule has 0 spiro atoms. The predicted molar refractivity (Wildman–Crippen MR) is 130 cm³/mol. The van der Waals surface area contributed by atoms with Crippen LogP contribution in [0.4, 0.5) is 4.39 Å². The summed E-state index contributed by atoms with van der Waals surface area (Å²) in [5, 5.41) is 6.10. The van der Waals surface area contributed by atoms with Crippen LogP contribution in [0.3, 0.4) is 0 Å². The molecular formula is C26H20BrFN2O3. The molecule has 0 aliphatic heterocycles. The summed E-state index contributed by atoms with van der Waals surface area (Å²) in [5.74, 6) is 0.243. The van der Waals surface area contributed by atoms with E-state index in [-0.39, 0.29) is 18.3 Å². The fraction of sp³-hybridized carbons (Fsp3) is 0.0769. The average Bonchev–Trinajstić information content (AvgIpc) is 2.83. The number of nitrogens with one attached hydrogen (secondary N) is 1. The van der Waals surface area contributed by atoms with Gasteiger partial charge in [0, 0.05) is 11.1 Å². The summed E-state index contributed by atoms with van der Waals surface area (Å²) >= 11 is 3.46. The highest BCUT2D eigenvalue weighted by Gasteiger charge is 2.13. The maximum Gasteiger partial charge on any atom is 0.271 e. The molecule has 5 nitrogen and oxygen atoms in total. The third kappa shape index (κ3) is 5.38. The number of amides is 1. The lowest BCUT2D eigenvalue weighted by Crippen LogP contribution is -2.17. The Bertz CT molecular complexity index is 1340. The lowest BCUT2D eigenvalue weighted by Gasteiger charge is -2.14. The van der Waals surface area contributed by atoms with Gasteiger partial charge >= 0.3 is 0 Å². The zero-order chi connectivity index (χ0) is 23.2. The normalized spacial score (nSPS) is 11.0. The number of carbonyl (C=O) groups excluding carboxylic acids is 1. The third-order valence-corrected chi connectivity index (χ3v) is 5.56. The number of hydrogen-bond donors (Lipinski definition) is 1. The second-order valence-corrected chi connectivity index (χ2v) is 8.03. The molecule has 0 radical (unpaired) electrons. The van der Waals surface area contributed by atoms with E-state index in [4.69, 9.17) is 9.47 Å². The van der Waals surface area contributed by atoms with E-state index in [0.29, 0.717) is 32.7 Å². The standard InChI is InChI=1S/C26H20BrFN2O3/c1-32-24-13-17(12-22(27)25(24)33-16-21-8-4-5-9-23(21)28)15-29-30-26(31)20-11-10-18-6-2-3-7-19(18)14-20/h2-15H,16H2,1H3,(H,30,31)/b29-15-. The molecule has 4 aromatic rings. The Kier molecular flexibility index (Phi) is 7.00. The molecule has 0 fully saturated rings. The molecule has 1 N–H and O–H groups in total. The van der Waals surface area contributed by atoms with Crippen molar-refractivity contribution in [1.29, 1.82) is 0 Å². The molecule has 0 aliphatic rings. The van der Waals surface area contributed by atoms with E-state index in [2.05, 4.69) is 26.5 Å². The first-order valence-corrected chi connectivity index (χ1v) is 10.9. The molecule has 0 aromatic heterocycles. The summed E-state index contributed by atoms with van der Waals surface area (Å²) in [5.41, 5.74) is 4.17. The fourth-order valence-electron chi connectivity index (χ4n) is 3.28. The van der Waals surface area contributed by atoms with Crippen LogP contribution in [0.1, 0.15) is 21.5 Å². The van der Waals surface area contributed by atoms with Gasteiger partial charge < -0.3 is 9.47 Å². The van der Waals surface area contributed by atoms with Crippen molar-refractivity contribution in [3.8, 4) is 11.5 Å². The number of rotatable bonds is 7. The Morgan fingerprint density at radius 2 is 1.79 bits per heavy atom. The molecule has 4 aromatic carbocycles. The van der Waals surface area contributed by atoms with Crippen molar-refractivity contribution in [2.45, 2.75) is 6.61 Å². The van der Waals surface area contributed by atoms with Crippen LogP contribution < -0.4 is 14.9 Å². The number of benzene rings is 4. The van der Waals surface area contributed by atoms with Gasteiger partial charge in [-0.1, -0.05) is 48.5 Å². The van der Waals surface area contributed by atoms with Gasteiger partial charge in [-0.25, -0.2) is 9.82 Å². The van der Waals surface area contributed by atoms with E-state index in [0.717, 1.165) is 10.8 Å². The molecule has 0 aliphatic carbocycles. The SMILES string of the molecule is COc1cc(/C=N\NC(=O)c2ccc3ccccc3c2)cc(Br)c1OCc1ccccc1F. The maximum absolute atomic E-state index is 13.9. The first-order chi connectivity index (χ1) is 16.0. The maximum atomic E-state index is 13.9. The van der Waals surface area contributed by atoms with Crippen LogP contribution in [0.5, 0.6) is 11.5 Å². The number of methoxy groups -OCH3 is 1. The van der Waals surface area contributed by atoms with Gasteiger partial charge in [0.1, 0.15) is 12.4 Å². The fourth-order valence-corrected chi connectivity index (χ4v) is 3.85. The molecule has 0 saturated heterocycles. The van der Waals surface area contributed by atoms with E-state index < -0.39 is 0 Å². The van der Waals surface area contributed by atoms with Crippen molar-refractivity contribution >= 4 is 38.8 Å². The summed E-state index contributed by atoms with van der Waals surface area (Å²) < 4.78 is 25.7. The molecule has 166 valence electrons. The smallest absolute Gasteiger partial charge is 0.271 e. The van der Waals surface area contributed by atoms with Gasteiger partial charge in [0.25, 0.3) is 5.91 Å². The summed E-state index contributed by atoms with van der Waals surface area (Å²) in [6.45, 7) is 0.0525. The average molecular weight is 507 g/mol. The second-order valence-electron chi connectivity index (χ2n) is 7.18. The van der Waals surface area contributed by atoms with E-state index in [1.54, 1.807) is 36.4 Å². The molecule has 0 unspecified atom stereocenters. The van der Waals surface area contributed by atoms with Crippen molar-refractivity contribution in [1.82, 2.24) is 5.43 Å². The number of nitrogens with zero attached hydrogens (tertiary/aromatic N) is 1. The quantitative estimate of drug-likeness (QED) is 0.243. The van der Waals surface area contributed by atoms with Crippen LogP contribution in [0.25, 0.3) is 10.8 Å². The minimum Gasteiger partial charge on any atom is -0.493 e. The molecule has 33 heavy (non-hydrogen) atoms. The summed E-state index contributed by atoms with van der Waals surface area (Å²) in [7, 11) is 1.51. The van der Waals surface area contributed by atoms with Gasteiger partial charge in [-0.15, -0.1) is 0 Å². The number of fused-ring (bicyclic) bond motifs is 1. The third-order valence-electron chi connectivity index (χ3n) is 4.97. The molecule has 7 heteroatoms. The highest BCUT2D eigenvalue weighted by atomic mass is 79.9. The van der Waals surface area contributed by atoms with Crippen molar-refractivity contribution in [3.63, 3.8) is 0 Å². The lowest BCUT2D eigenvalue weighted by atomic mass is 10.1. The number of ether oxygens (including phenoxy) is 2. The molecule has 4 rings (SSSR count). The second kappa shape index (κ2) is 10.3. The monoisotopic (exact) mass is 506 g/mol. The first-order valence-electron chi connectivity index (χ1n) is 10.1. The number of carbonyl (C=O) groups is 1. The zero-order valence-corrected chi connectivity index (χ0v) is 19.3. The van der Waals surface area contributed by atoms with Crippen molar-refractivity contribution < 1.29 is 18.7 Å². The summed E-state index contributed by atoms with van der Waals surface area (Å²) in [4.78, 5) is 12.5. The highest BCUT2D eigenvalue weighted by molar-refractivity contribution is 9.10. The number of hydrazone groups is 1. The van der Waals surface area contributed by atoms with Crippen LogP contribution >= 0.6 is 15.9 Å². The Balaban J connectivity index is 1.45. The van der Waals surface area contributed by atoms with E-state index in [9.17, 15) is 9.18 Å². The van der Waals surface area contributed by atoms with Gasteiger partial charge in [-0.3, -0.25) is 4.79 Å². The summed E-state index contributed by atoms with van der Waals surface area (Å²) in [6, 6.07) is 23.2. The lowest BCUT2D eigenvalue weighted by molar-refractivity contribution is 0.0955. The highest BCUT2D eigenvalue weighted by Crippen LogP contribution is 2.37. The Morgan fingerprint density at radius 3 is 2.58 bits per heavy atom. The van der Waals surface area contributed by atoms with Crippen LogP contribution in [-0.4, -0.2) is 19.2 Å². The Morgan fingerprint density at radius 1 is 1.03 bits per heavy atom. The Labute approximate surface area is 199 Å². The molecule has 0 heterocycles. The van der Waals surface area contributed by atoms with Crippen molar-refractivity contribution in [3.05, 3.63) is 106 Å². The Hall–Kier alpha value is -3.71. The van der Waals surface area contributed by atoms with Gasteiger partial charge in [-0.05, 0) is 62.6 Å². The first kappa shape index (κ1) is 22.5. The molecule has 0 atom stereocenters. The van der Waals surface area contributed by atoms with E-state index in [1.165, 1.54) is 19.4 Å². The molecule has 1 amide bonds. The minimum absolute atomic E-state index is 0.0525. The van der Waals surface area contributed by atoms with Gasteiger partial charge in [0.05, 0.1) is 17.8 Å². The molecular weight excluding hydrogens is 487 g/mol. The van der Waals surface area contributed by atoms with E-state index >= 15 is 0 Å². The minimum atomic E-state index is -0.335. The summed E-state index contributed by atoms with van der Waals surface area (Å²) in [6.07, 6.45) is 1.51. The van der Waals surface area contributed by atoms with Gasteiger partial charge in [-0.2, -0.15) is 5.10 Å². The van der Waals surface area contributed by atoms with Crippen LogP contribution in [0, 0.1) is 5.82 Å². The van der Waals surface area contributed by atoms with Crippen LogP contribution in [0.15, 0.2) is 88.4 Å². The molecule has 0 bridgehead atoms. The number of hydrogen-bond acceptors (Lipinski definition) is 4. The predicted octanol–water partition coefficient (Wildman–Crippen LogP) is 6.09. The number of halogens is 2. The largest absolute Gasteiger partial charge is 0.493 e.